The fourth-order valence-corrected chi connectivity index (χ4v) is 3.57. The zero-order valence-electron chi connectivity index (χ0n) is 15.8. The first-order valence-corrected chi connectivity index (χ1v) is 10.1. The summed E-state index contributed by atoms with van der Waals surface area (Å²) in [6, 6.07) is 13.2. The van der Waals surface area contributed by atoms with Gasteiger partial charge >= 0.3 is 0 Å². The van der Waals surface area contributed by atoms with E-state index in [0.29, 0.717) is 5.95 Å². The molecule has 3 aromatic rings. The number of aryl methyl sites for hydroxylation is 1. The predicted molar refractivity (Wildman–Crippen MR) is 110 cm³/mol. The summed E-state index contributed by atoms with van der Waals surface area (Å²) in [5.74, 6) is 1.20. The molecule has 0 unspecified atom stereocenters. The first-order chi connectivity index (χ1) is 12.8. The van der Waals surface area contributed by atoms with Crippen molar-refractivity contribution in [2.45, 2.75) is 12.7 Å². The molecule has 0 aliphatic rings. The number of hydrogen-bond acceptors (Lipinski definition) is 6. The zero-order valence-corrected chi connectivity index (χ0v) is 16.6. The topological polar surface area (TPSA) is 87.2 Å². The van der Waals surface area contributed by atoms with Crippen molar-refractivity contribution in [2.75, 3.05) is 31.8 Å². The molecule has 0 aliphatic carbocycles. The summed E-state index contributed by atoms with van der Waals surface area (Å²) in [6.07, 6.45) is 0. The number of aromatic nitrogens is 2. The monoisotopic (exact) mass is 385 g/mol. The number of hydrogen-bond donors (Lipinski definition) is 2. The van der Waals surface area contributed by atoms with Crippen molar-refractivity contribution in [1.82, 2.24) is 14.3 Å². The van der Waals surface area contributed by atoms with Crippen molar-refractivity contribution in [3.05, 3.63) is 53.6 Å². The maximum atomic E-state index is 12.0. The third kappa shape index (κ3) is 4.17. The van der Waals surface area contributed by atoms with Crippen LogP contribution in [-0.4, -0.2) is 43.8 Å². The van der Waals surface area contributed by atoms with E-state index in [1.807, 2.05) is 44.3 Å². The van der Waals surface area contributed by atoms with Gasteiger partial charge < -0.3 is 10.6 Å². The molecule has 1 aromatic heterocycles. The third-order valence-electron chi connectivity index (χ3n) is 4.28. The van der Waals surface area contributed by atoms with Crippen LogP contribution in [0.4, 0.5) is 17.5 Å². The molecule has 27 heavy (non-hydrogen) atoms. The highest BCUT2D eigenvalue weighted by Gasteiger charge is 2.14. The van der Waals surface area contributed by atoms with Crippen LogP contribution in [0.5, 0.6) is 0 Å². The van der Waals surface area contributed by atoms with Crippen LogP contribution >= 0.6 is 0 Å². The van der Waals surface area contributed by atoms with Gasteiger partial charge in [0.15, 0.2) is 0 Å². The van der Waals surface area contributed by atoms with E-state index in [2.05, 4.69) is 20.6 Å². The Morgan fingerprint density at radius 3 is 2.37 bits per heavy atom. The fourth-order valence-electron chi connectivity index (χ4n) is 2.70. The van der Waals surface area contributed by atoms with Gasteiger partial charge in [0, 0.05) is 32.2 Å². The molecule has 0 saturated heterocycles. The number of para-hydroxylation sites is 1. The molecule has 8 heteroatoms. The van der Waals surface area contributed by atoms with E-state index in [1.165, 1.54) is 18.4 Å². The number of sulfonamides is 1. The summed E-state index contributed by atoms with van der Waals surface area (Å²) in [4.78, 5) is 9.14. The highest BCUT2D eigenvalue weighted by molar-refractivity contribution is 7.88. The molecule has 2 aromatic carbocycles. The third-order valence-corrected chi connectivity index (χ3v) is 6.09. The van der Waals surface area contributed by atoms with Crippen LogP contribution in [0.2, 0.25) is 0 Å². The Morgan fingerprint density at radius 2 is 1.74 bits per heavy atom. The van der Waals surface area contributed by atoms with Crippen molar-refractivity contribution < 1.29 is 8.42 Å². The molecule has 0 bridgehead atoms. The summed E-state index contributed by atoms with van der Waals surface area (Å²) >= 11 is 0. The lowest BCUT2D eigenvalue weighted by Gasteiger charge is -2.13. The fraction of sp³-hybridized carbons (Fsp3) is 0.263. The summed E-state index contributed by atoms with van der Waals surface area (Å²) in [5, 5.41) is 7.26. The Hall–Kier alpha value is -2.71. The average Bonchev–Trinajstić information content (AvgIpc) is 2.63. The van der Waals surface area contributed by atoms with Crippen LogP contribution in [0, 0.1) is 6.92 Å². The van der Waals surface area contributed by atoms with E-state index in [4.69, 9.17) is 0 Å². The van der Waals surface area contributed by atoms with Crippen molar-refractivity contribution >= 4 is 38.4 Å². The molecular weight excluding hydrogens is 362 g/mol. The SMILES string of the molecule is CNc1nc(Nc2ccc(CS(=O)(=O)N(C)C)cc2)nc2c(C)cccc12. The van der Waals surface area contributed by atoms with E-state index in [0.717, 1.165) is 33.5 Å². The Morgan fingerprint density at radius 1 is 1.04 bits per heavy atom. The van der Waals surface area contributed by atoms with Crippen molar-refractivity contribution in [2.24, 2.45) is 0 Å². The molecule has 3 rings (SSSR count). The summed E-state index contributed by atoms with van der Waals surface area (Å²) < 4.78 is 25.2. The summed E-state index contributed by atoms with van der Waals surface area (Å²) in [7, 11) is 1.61. The van der Waals surface area contributed by atoms with Gasteiger partial charge in [-0.2, -0.15) is 4.98 Å². The van der Waals surface area contributed by atoms with Crippen LogP contribution in [0.1, 0.15) is 11.1 Å². The smallest absolute Gasteiger partial charge is 0.229 e. The first kappa shape index (κ1) is 19.1. The maximum Gasteiger partial charge on any atom is 0.229 e. The minimum atomic E-state index is -3.28. The largest absolute Gasteiger partial charge is 0.372 e. The second kappa shape index (κ2) is 7.50. The quantitative estimate of drug-likeness (QED) is 0.678. The van der Waals surface area contributed by atoms with Crippen molar-refractivity contribution in [3.8, 4) is 0 Å². The van der Waals surface area contributed by atoms with Gasteiger partial charge in [0.2, 0.25) is 16.0 Å². The van der Waals surface area contributed by atoms with E-state index in [-0.39, 0.29) is 5.75 Å². The van der Waals surface area contributed by atoms with Gasteiger partial charge in [0.1, 0.15) is 5.82 Å². The number of nitrogens with one attached hydrogen (secondary N) is 2. The molecule has 7 nitrogen and oxygen atoms in total. The average molecular weight is 385 g/mol. The Bertz CT molecular complexity index is 1060. The highest BCUT2D eigenvalue weighted by Crippen LogP contribution is 2.25. The van der Waals surface area contributed by atoms with Gasteiger partial charge in [-0.3, -0.25) is 0 Å². The van der Waals surface area contributed by atoms with Crippen LogP contribution in [-0.2, 0) is 15.8 Å². The Labute approximate surface area is 159 Å². The van der Waals surface area contributed by atoms with Crippen LogP contribution in [0.15, 0.2) is 42.5 Å². The molecule has 0 amide bonds. The number of anilines is 3. The van der Waals surface area contributed by atoms with Gasteiger partial charge in [-0.15, -0.1) is 0 Å². The second-order valence-corrected chi connectivity index (χ2v) is 8.66. The van der Waals surface area contributed by atoms with Crippen LogP contribution < -0.4 is 10.6 Å². The Kier molecular flexibility index (Phi) is 5.29. The highest BCUT2D eigenvalue weighted by atomic mass is 32.2. The second-order valence-electron chi connectivity index (χ2n) is 6.48. The van der Waals surface area contributed by atoms with Crippen molar-refractivity contribution in [3.63, 3.8) is 0 Å². The molecule has 0 atom stereocenters. The number of fused-ring (bicyclic) bond motifs is 1. The molecule has 142 valence electrons. The molecule has 0 aliphatic heterocycles. The molecule has 2 N–H and O–H groups in total. The maximum absolute atomic E-state index is 12.0. The molecule has 0 saturated carbocycles. The van der Waals surface area contributed by atoms with Gasteiger partial charge in [-0.25, -0.2) is 17.7 Å². The lowest BCUT2D eigenvalue weighted by molar-refractivity contribution is 0.520. The number of benzene rings is 2. The molecular formula is C19H23N5O2S. The van der Waals surface area contributed by atoms with E-state index in [1.54, 1.807) is 12.1 Å². The first-order valence-electron chi connectivity index (χ1n) is 8.51. The predicted octanol–water partition coefficient (Wildman–Crippen LogP) is 3.11. The number of rotatable bonds is 6. The van der Waals surface area contributed by atoms with Gasteiger partial charge in [-0.1, -0.05) is 24.3 Å². The minimum Gasteiger partial charge on any atom is -0.372 e. The molecule has 0 fully saturated rings. The normalized spacial score (nSPS) is 11.7. The van der Waals surface area contributed by atoms with Gasteiger partial charge in [0.25, 0.3) is 0 Å². The standard InChI is InChI=1S/C19H23N5O2S/c1-13-6-5-7-16-17(13)22-19(23-18(16)20-2)21-15-10-8-14(9-11-15)12-27(25,26)24(3)4/h5-11H,12H2,1-4H3,(H2,20,21,22,23). The van der Waals surface area contributed by atoms with Crippen LogP contribution in [0.3, 0.4) is 0 Å². The molecule has 0 spiro atoms. The van der Waals surface area contributed by atoms with Crippen molar-refractivity contribution in [1.29, 1.82) is 0 Å². The van der Waals surface area contributed by atoms with Gasteiger partial charge in [0.05, 0.1) is 11.3 Å². The lowest BCUT2D eigenvalue weighted by Crippen LogP contribution is -2.23. The molecule has 1 heterocycles. The molecule has 0 radical (unpaired) electrons. The Balaban J connectivity index is 1.86. The van der Waals surface area contributed by atoms with Gasteiger partial charge in [-0.05, 0) is 36.2 Å². The van der Waals surface area contributed by atoms with E-state index < -0.39 is 10.0 Å². The van der Waals surface area contributed by atoms with E-state index in [9.17, 15) is 8.42 Å². The number of nitrogens with zero attached hydrogens (tertiary/aromatic N) is 3. The minimum absolute atomic E-state index is 0.0319. The van der Waals surface area contributed by atoms with E-state index >= 15 is 0 Å². The summed E-state index contributed by atoms with van der Waals surface area (Å²) in [5.41, 5.74) is 3.46. The van der Waals surface area contributed by atoms with Crippen LogP contribution in [0.25, 0.3) is 10.9 Å². The lowest BCUT2D eigenvalue weighted by atomic mass is 10.1. The summed E-state index contributed by atoms with van der Waals surface area (Å²) in [6.45, 7) is 2.01. The zero-order chi connectivity index (χ0) is 19.6.